The maximum Gasteiger partial charge on any atom is 0.294 e. The molecule has 0 bridgehead atoms. The highest BCUT2D eigenvalue weighted by Crippen LogP contribution is 2.37. The van der Waals surface area contributed by atoms with Crippen LogP contribution >= 0.6 is 0 Å². The second-order valence-electron chi connectivity index (χ2n) is 6.25. The molecule has 8 heteroatoms. The lowest BCUT2D eigenvalue weighted by atomic mass is 9.97. The molecule has 1 aliphatic heterocycles. The number of pyridine rings is 1. The first-order valence-electron chi connectivity index (χ1n) is 7.76. The summed E-state index contributed by atoms with van der Waals surface area (Å²) in [5.74, 6) is 0.517. The van der Waals surface area contributed by atoms with Crippen LogP contribution in [0.25, 0.3) is 5.70 Å². The molecule has 0 amide bonds. The third-order valence-electron chi connectivity index (χ3n) is 3.84. The van der Waals surface area contributed by atoms with Crippen molar-refractivity contribution in [3.05, 3.63) is 79.8 Å². The molecule has 0 saturated heterocycles. The van der Waals surface area contributed by atoms with E-state index in [4.69, 9.17) is 4.74 Å². The lowest BCUT2D eigenvalue weighted by molar-refractivity contribution is -0.763. The second kappa shape index (κ2) is 6.37. The number of hydrogen-bond donors (Lipinski definition) is 0. The van der Waals surface area contributed by atoms with Crippen molar-refractivity contribution < 1.29 is 14.7 Å². The van der Waals surface area contributed by atoms with Crippen molar-refractivity contribution in [3.63, 3.8) is 0 Å². The Hall–Kier alpha value is -3.60. The van der Waals surface area contributed by atoms with Crippen LogP contribution in [0.15, 0.2) is 47.3 Å². The van der Waals surface area contributed by atoms with Gasteiger partial charge in [-0.15, -0.1) is 10.1 Å². The van der Waals surface area contributed by atoms with Crippen LogP contribution in [-0.4, -0.2) is 15.3 Å². The Kier molecular flexibility index (Phi) is 4.22. The van der Waals surface area contributed by atoms with Crippen LogP contribution in [0.5, 0.6) is 5.75 Å². The summed E-state index contributed by atoms with van der Waals surface area (Å²) < 4.78 is 7.25. The van der Waals surface area contributed by atoms with Gasteiger partial charge in [-0.2, -0.15) is 5.26 Å². The third kappa shape index (κ3) is 3.28. The van der Waals surface area contributed by atoms with Gasteiger partial charge in [0.1, 0.15) is 18.0 Å². The van der Waals surface area contributed by atoms with E-state index in [-0.39, 0.29) is 12.2 Å². The number of fused-ring (bicyclic) bond motifs is 1. The van der Waals surface area contributed by atoms with Gasteiger partial charge in [-0.1, -0.05) is 6.07 Å². The second-order valence-corrected chi connectivity index (χ2v) is 6.25. The van der Waals surface area contributed by atoms with Gasteiger partial charge in [-0.05, 0) is 44.2 Å². The van der Waals surface area contributed by atoms with E-state index in [2.05, 4.69) is 10.9 Å². The smallest absolute Gasteiger partial charge is 0.294 e. The standard InChI is InChI=1S/C18H15N3O5/c1-18(2)9-15(14-8-12(10-19)6-7-16(14)26-18)20-13(11-25-21(23)24)4-3-5-17(20)22/h3-9H,11H2,1-2H3. The molecule has 132 valence electrons. The average molecular weight is 353 g/mol. The van der Waals surface area contributed by atoms with Gasteiger partial charge in [-0.25, -0.2) is 0 Å². The van der Waals surface area contributed by atoms with E-state index in [1.807, 2.05) is 13.8 Å². The molecule has 1 aliphatic rings. The topological polar surface area (TPSA) is 107 Å². The van der Waals surface area contributed by atoms with Crippen LogP contribution in [0, 0.1) is 21.4 Å². The molecule has 3 rings (SSSR count). The molecule has 0 spiro atoms. The van der Waals surface area contributed by atoms with E-state index in [0.29, 0.717) is 28.3 Å². The summed E-state index contributed by atoms with van der Waals surface area (Å²) in [6.45, 7) is 3.28. The first-order valence-corrected chi connectivity index (χ1v) is 7.76. The molecule has 0 N–H and O–H groups in total. The molecule has 8 nitrogen and oxygen atoms in total. The molecule has 1 aromatic carbocycles. The van der Waals surface area contributed by atoms with E-state index in [0.717, 1.165) is 0 Å². The Balaban J connectivity index is 2.23. The van der Waals surface area contributed by atoms with Crippen molar-refractivity contribution >= 4 is 5.70 Å². The first-order chi connectivity index (χ1) is 12.3. The first kappa shape index (κ1) is 17.2. The molecule has 0 fully saturated rings. The summed E-state index contributed by atoms with van der Waals surface area (Å²) in [6, 6.07) is 11.4. The minimum Gasteiger partial charge on any atom is -0.483 e. The van der Waals surface area contributed by atoms with E-state index >= 15 is 0 Å². The van der Waals surface area contributed by atoms with Crippen LogP contribution in [0.3, 0.4) is 0 Å². The molecule has 0 radical (unpaired) electrons. The van der Waals surface area contributed by atoms with E-state index in [1.54, 1.807) is 30.3 Å². The fourth-order valence-corrected chi connectivity index (χ4v) is 2.83. The zero-order chi connectivity index (χ0) is 18.9. The number of nitrogens with zero attached hydrogens (tertiary/aromatic N) is 3. The largest absolute Gasteiger partial charge is 0.483 e. The lowest BCUT2D eigenvalue weighted by Crippen LogP contribution is -2.33. The molecule has 0 saturated carbocycles. The van der Waals surface area contributed by atoms with Gasteiger partial charge >= 0.3 is 0 Å². The van der Waals surface area contributed by atoms with Crippen molar-refractivity contribution in [2.45, 2.75) is 26.1 Å². The van der Waals surface area contributed by atoms with Crippen LogP contribution in [0.4, 0.5) is 0 Å². The number of benzene rings is 1. The molecule has 0 atom stereocenters. The van der Waals surface area contributed by atoms with Gasteiger partial charge in [0.15, 0.2) is 0 Å². The van der Waals surface area contributed by atoms with Gasteiger partial charge in [-0.3, -0.25) is 9.36 Å². The summed E-state index contributed by atoms with van der Waals surface area (Å²) in [4.78, 5) is 27.6. The Morgan fingerprint density at radius 2 is 2.12 bits per heavy atom. The molecule has 0 aliphatic carbocycles. The molecule has 0 unspecified atom stereocenters. The Bertz CT molecular complexity index is 1010. The summed E-state index contributed by atoms with van der Waals surface area (Å²) >= 11 is 0. The van der Waals surface area contributed by atoms with E-state index < -0.39 is 10.7 Å². The van der Waals surface area contributed by atoms with Gasteiger partial charge in [0.2, 0.25) is 0 Å². The number of hydrogen-bond acceptors (Lipinski definition) is 6. The highest BCUT2D eigenvalue weighted by Gasteiger charge is 2.29. The van der Waals surface area contributed by atoms with Gasteiger partial charge in [0, 0.05) is 11.6 Å². The molecule has 26 heavy (non-hydrogen) atoms. The van der Waals surface area contributed by atoms with Crippen molar-refractivity contribution in [1.29, 1.82) is 5.26 Å². The zero-order valence-corrected chi connectivity index (χ0v) is 14.1. The highest BCUT2D eigenvalue weighted by molar-refractivity contribution is 5.75. The fraction of sp³-hybridized carbons (Fsp3) is 0.222. The predicted octanol–water partition coefficient (Wildman–Crippen LogP) is 2.49. The van der Waals surface area contributed by atoms with E-state index in [9.17, 15) is 20.2 Å². The molecule has 2 heterocycles. The molecular formula is C18H15N3O5. The van der Waals surface area contributed by atoms with Crippen molar-refractivity contribution in [1.82, 2.24) is 4.57 Å². The summed E-state index contributed by atoms with van der Waals surface area (Å²) in [5.41, 5.74) is 0.677. The summed E-state index contributed by atoms with van der Waals surface area (Å²) in [6.07, 6.45) is 1.74. The van der Waals surface area contributed by atoms with Crippen molar-refractivity contribution in [2.24, 2.45) is 0 Å². The highest BCUT2D eigenvalue weighted by atomic mass is 16.9. The summed E-state index contributed by atoms with van der Waals surface area (Å²) in [5, 5.41) is 18.8. The Morgan fingerprint density at radius 1 is 1.35 bits per heavy atom. The number of aromatic nitrogens is 1. The van der Waals surface area contributed by atoms with Crippen LogP contribution < -0.4 is 10.3 Å². The van der Waals surface area contributed by atoms with E-state index in [1.165, 1.54) is 16.7 Å². The van der Waals surface area contributed by atoms with Crippen molar-refractivity contribution in [3.8, 4) is 11.8 Å². The predicted molar refractivity (Wildman–Crippen MR) is 91.7 cm³/mol. The zero-order valence-electron chi connectivity index (χ0n) is 14.1. The van der Waals surface area contributed by atoms with Gasteiger partial charge in [0.25, 0.3) is 10.6 Å². The molecule has 1 aromatic heterocycles. The number of nitriles is 1. The fourth-order valence-electron chi connectivity index (χ4n) is 2.83. The maximum atomic E-state index is 12.6. The lowest BCUT2D eigenvalue weighted by Gasteiger charge is -2.32. The van der Waals surface area contributed by atoms with Gasteiger partial charge < -0.3 is 9.57 Å². The maximum absolute atomic E-state index is 12.6. The number of rotatable bonds is 4. The van der Waals surface area contributed by atoms with Crippen molar-refractivity contribution in [2.75, 3.05) is 0 Å². The number of ether oxygens (including phenoxy) is 1. The van der Waals surface area contributed by atoms with Crippen LogP contribution in [0.2, 0.25) is 0 Å². The minimum absolute atomic E-state index is 0.312. The molecule has 2 aromatic rings. The summed E-state index contributed by atoms with van der Waals surface area (Å²) in [7, 11) is 0. The minimum atomic E-state index is -0.911. The van der Waals surface area contributed by atoms with Crippen LogP contribution in [0.1, 0.15) is 30.7 Å². The normalized spacial score (nSPS) is 14.4. The van der Waals surface area contributed by atoms with Gasteiger partial charge in [0.05, 0.1) is 23.0 Å². The quantitative estimate of drug-likeness (QED) is 0.617. The monoisotopic (exact) mass is 353 g/mol. The SMILES string of the molecule is CC1(C)C=C(n2c(CO[N+](=O)[O-])cccc2=O)c2cc(C#N)ccc2O1. The Morgan fingerprint density at radius 3 is 2.81 bits per heavy atom. The third-order valence-corrected chi connectivity index (χ3v) is 3.84. The van der Waals surface area contributed by atoms with Crippen LogP contribution in [-0.2, 0) is 11.4 Å². The Labute approximate surface area is 148 Å². The molecular weight excluding hydrogens is 338 g/mol. The average Bonchev–Trinajstić information content (AvgIpc) is 2.58.